The van der Waals surface area contributed by atoms with Crippen LogP contribution in [-0.2, 0) is 4.79 Å². The van der Waals surface area contributed by atoms with E-state index in [2.05, 4.69) is 5.32 Å². The van der Waals surface area contributed by atoms with Crippen molar-refractivity contribution in [2.45, 2.75) is 13.0 Å². The molecule has 0 heterocycles. The third kappa shape index (κ3) is 3.65. The first-order chi connectivity index (χ1) is 9.58. The number of ether oxygens (including phenoxy) is 1. The van der Waals surface area contributed by atoms with E-state index in [9.17, 15) is 4.79 Å². The molecular formula is C15H13Cl2NO2. The molecule has 0 saturated carbocycles. The van der Waals surface area contributed by atoms with E-state index in [1.807, 2.05) is 18.2 Å². The number of anilines is 1. The monoisotopic (exact) mass is 309 g/mol. The number of halogens is 2. The highest BCUT2D eigenvalue weighted by atomic mass is 35.5. The summed E-state index contributed by atoms with van der Waals surface area (Å²) in [5, 5.41) is 3.39. The van der Waals surface area contributed by atoms with Crippen LogP contribution in [0.2, 0.25) is 10.0 Å². The van der Waals surface area contributed by atoms with Crippen molar-refractivity contribution in [3.8, 4) is 5.75 Å². The summed E-state index contributed by atoms with van der Waals surface area (Å²) >= 11 is 11.9. The first kappa shape index (κ1) is 14.7. The number of rotatable bonds is 4. The van der Waals surface area contributed by atoms with Crippen LogP contribution >= 0.6 is 23.2 Å². The molecule has 0 unspecified atom stereocenters. The molecule has 0 fully saturated rings. The van der Waals surface area contributed by atoms with Crippen molar-refractivity contribution >= 4 is 34.8 Å². The fourth-order valence-corrected chi connectivity index (χ4v) is 1.94. The summed E-state index contributed by atoms with van der Waals surface area (Å²) in [6.45, 7) is 1.67. The number of carbonyl (C=O) groups excluding carboxylic acids is 1. The van der Waals surface area contributed by atoms with Crippen LogP contribution in [0.3, 0.4) is 0 Å². The largest absolute Gasteiger partial charge is 0.481 e. The third-order valence-electron chi connectivity index (χ3n) is 2.63. The molecule has 3 nitrogen and oxygen atoms in total. The lowest BCUT2D eigenvalue weighted by Crippen LogP contribution is -2.30. The molecule has 104 valence electrons. The summed E-state index contributed by atoms with van der Waals surface area (Å²) in [6.07, 6.45) is -0.646. The summed E-state index contributed by atoms with van der Waals surface area (Å²) in [5.74, 6) is 0.338. The second-order valence-electron chi connectivity index (χ2n) is 4.16. The summed E-state index contributed by atoms with van der Waals surface area (Å²) in [6, 6.07) is 14.2. The Labute approximate surface area is 127 Å². The quantitative estimate of drug-likeness (QED) is 0.909. The Morgan fingerprint density at radius 1 is 1.10 bits per heavy atom. The molecule has 0 radical (unpaired) electrons. The van der Waals surface area contributed by atoms with E-state index in [1.165, 1.54) is 0 Å². The zero-order chi connectivity index (χ0) is 14.5. The van der Waals surface area contributed by atoms with Gasteiger partial charge in [-0.15, -0.1) is 0 Å². The molecule has 1 amide bonds. The van der Waals surface area contributed by atoms with Gasteiger partial charge in [0.25, 0.3) is 5.91 Å². The predicted octanol–water partition coefficient (Wildman–Crippen LogP) is 4.40. The average Bonchev–Trinajstić information content (AvgIpc) is 2.45. The second kappa shape index (κ2) is 6.64. The lowest BCUT2D eigenvalue weighted by molar-refractivity contribution is -0.122. The van der Waals surface area contributed by atoms with E-state index in [4.69, 9.17) is 27.9 Å². The van der Waals surface area contributed by atoms with E-state index in [0.717, 1.165) is 0 Å². The van der Waals surface area contributed by atoms with E-state index in [-0.39, 0.29) is 5.91 Å². The molecule has 0 aliphatic rings. The van der Waals surface area contributed by atoms with Crippen LogP contribution in [0.4, 0.5) is 5.69 Å². The standard InChI is InChI=1S/C15H13Cl2NO2/c1-10(20-11-6-3-2-4-7-11)15(19)18-13-9-5-8-12(16)14(13)17/h2-10H,1H3,(H,18,19)/t10-/m0/s1. The first-order valence-corrected chi connectivity index (χ1v) is 6.80. The topological polar surface area (TPSA) is 38.3 Å². The van der Waals surface area contributed by atoms with Gasteiger partial charge in [0.05, 0.1) is 15.7 Å². The minimum atomic E-state index is -0.646. The SMILES string of the molecule is C[C@H](Oc1ccccc1)C(=O)Nc1cccc(Cl)c1Cl. The van der Waals surface area contributed by atoms with Crippen LogP contribution in [0, 0.1) is 0 Å². The lowest BCUT2D eigenvalue weighted by atomic mass is 10.3. The van der Waals surface area contributed by atoms with Gasteiger partial charge in [-0.3, -0.25) is 4.79 Å². The number of hydrogen-bond donors (Lipinski definition) is 1. The molecule has 0 aliphatic heterocycles. The maximum Gasteiger partial charge on any atom is 0.265 e. The van der Waals surface area contributed by atoms with Crippen molar-refractivity contribution in [1.82, 2.24) is 0 Å². The van der Waals surface area contributed by atoms with Crippen molar-refractivity contribution in [1.29, 1.82) is 0 Å². The maximum atomic E-state index is 12.0. The van der Waals surface area contributed by atoms with Gasteiger partial charge in [0.1, 0.15) is 5.75 Å². The van der Waals surface area contributed by atoms with Gasteiger partial charge in [-0.2, -0.15) is 0 Å². The van der Waals surface area contributed by atoms with Crippen LogP contribution in [0.15, 0.2) is 48.5 Å². The van der Waals surface area contributed by atoms with Gasteiger partial charge in [-0.05, 0) is 31.2 Å². The van der Waals surface area contributed by atoms with Gasteiger partial charge < -0.3 is 10.1 Å². The molecule has 0 bridgehead atoms. The Kier molecular flexibility index (Phi) is 4.88. The summed E-state index contributed by atoms with van der Waals surface area (Å²) in [4.78, 5) is 12.0. The molecule has 2 rings (SSSR count). The molecule has 1 N–H and O–H groups in total. The summed E-state index contributed by atoms with van der Waals surface area (Å²) in [7, 11) is 0. The Balaban J connectivity index is 2.03. The number of nitrogens with one attached hydrogen (secondary N) is 1. The minimum Gasteiger partial charge on any atom is -0.481 e. The van der Waals surface area contributed by atoms with Gasteiger partial charge in [0.2, 0.25) is 0 Å². The van der Waals surface area contributed by atoms with Gasteiger partial charge in [-0.1, -0.05) is 47.5 Å². The van der Waals surface area contributed by atoms with Crippen LogP contribution in [0.25, 0.3) is 0 Å². The van der Waals surface area contributed by atoms with Crippen molar-refractivity contribution < 1.29 is 9.53 Å². The Morgan fingerprint density at radius 2 is 1.80 bits per heavy atom. The van der Waals surface area contributed by atoms with E-state index >= 15 is 0 Å². The van der Waals surface area contributed by atoms with Gasteiger partial charge in [0, 0.05) is 0 Å². The Hall–Kier alpha value is -1.71. The molecule has 2 aromatic rings. The number of hydrogen-bond acceptors (Lipinski definition) is 2. The Morgan fingerprint density at radius 3 is 2.50 bits per heavy atom. The second-order valence-corrected chi connectivity index (χ2v) is 4.95. The van der Waals surface area contributed by atoms with Crippen LogP contribution in [-0.4, -0.2) is 12.0 Å². The van der Waals surface area contributed by atoms with Gasteiger partial charge >= 0.3 is 0 Å². The van der Waals surface area contributed by atoms with E-state index < -0.39 is 6.10 Å². The number of para-hydroxylation sites is 1. The highest BCUT2D eigenvalue weighted by molar-refractivity contribution is 6.44. The maximum absolute atomic E-state index is 12.0. The van der Waals surface area contributed by atoms with Crippen molar-refractivity contribution in [3.05, 3.63) is 58.6 Å². The number of carbonyl (C=O) groups is 1. The zero-order valence-corrected chi connectivity index (χ0v) is 12.3. The summed E-state index contributed by atoms with van der Waals surface area (Å²) in [5.41, 5.74) is 0.465. The molecule has 0 aromatic heterocycles. The van der Waals surface area contributed by atoms with Gasteiger partial charge in [0.15, 0.2) is 6.10 Å². The Bertz CT molecular complexity index is 602. The molecule has 20 heavy (non-hydrogen) atoms. The van der Waals surface area contributed by atoms with Crippen molar-refractivity contribution in [2.75, 3.05) is 5.32 Å². The minimum absolute atomic E-state index is 0.294. The fourth-order valence-electron chi connectivity index (χ4n) is 1.59. The predicted molar refractivity (Wildman–Crippen MR) is 81.6 cm³/mol. The fraction of sp³-hybridized carbons (Fsp3) is 0.133. The molecule has 0 saturated heterocycles. The van der Waals surface area contributed by atoms with E-state index in [1.54, 1.807) is 37.3 Å². The average molecular weight is 310 g/mol. The molecular weight excluding hydrogens is 297 g/mol. The highest BCUT2D eigenvalue weighted by Crippen LogP contribution is 2.29. The normalized spacial score (nSPS) is 11.8. The third-order valence-corrected chi connectivity index (χ3v) is 3.45. The first-order valence-electron chi connectivity index (χ1n) is 6.04. The van der Waals surface area contributed by atoms with Crippen molar-refractivity contribution in [3.63, 3.8) is 0 Å². The van der Waals surface area contributed by atoms with Gasteiger partial charge in [-0.25, -0.2) is 0 Å². The van der Waals surface area contributed by atoms with Crippen LogP contribution in [0.1, 0.15) is 6.92 Å². The zero-order valence-electron chi connectivity index (χ0n) is 10.8. The van der Waals surface area contributed by atoms with Crippen LogP contribution < -0.4 is 10.1 Å². The number of amides is 1. The lowest BCUT2D eigenvalue weighted by Gasteiger charge is -2.15. The molecule has 5 heteroatoms. The highest BCUT2D eigenvalue weighted by Gasteiger charge is 2.16. The molecule has 1 atom stereocenters. The van der Waals surface area contributed by atoms with Crippen LogP contribution in [0.5, 0.6) is 5.75 Å². The van der Waals surface area contributed by atoms with Crippen molar-refractivity contribution in [2.24, 2.45) is 0 Å². The van der Waals surface area contributed by atoms with E-state index in [0.29, 0.717) is 21.5 Å². The molecule has 2 aromatic carbocycles. The summed E-state index contributed by atoms with van der Waals surface area (Å²) < 4.78 is 5.53. The smallest absolute Gasteiger partial charge is 0.265 e. The molecule has 0 aliphatic carbocycles. The molecule has 0 spiro atoms. The number of benzene rings is 2.